The number of ether oxygens (including phenoxy) is 1. The molecule has 1 aromatic rings. The van der Waals surface area contributed by atoms with E-state index in [2.05, 4.69) is 9.97 Å². The van der Waals surface area contributed by atoms with E-state index in [0.29, 0.717) is 29.9 Å². The van der Waals surface area contributed by atoms with Crippen LogP contribution in [0.3, 0.4) is 0 Å². The molecule has 0 fully saturated rings. The number of nitrogens with zero attached hydrogens (tertiary/aromatic N) is 3. The molecular formula is C12H20ClN3O2. The van der Waals surface area contributed by atoms with Crippen LogP contribution in [0, 0.1) is 0 Å². The summed E-state index contributed by atoms with van der Waals surface area (Å²) < 4.78 is 4.89. The third kappa shape index (κ3) is 4.40. The van der Waals surface area contributed by atoms with Gasteiger partial charge in [0.2, 0.25) is 0 Å². The monoisotopic (exact) mass is 273 g/mol. The van der Waals surface area contributed by atoms with Crippen LogP contribution in [0.25, 0.3) is 0 Å². The fourth-order valence-corrected chi connectivity index (χ4v) is 1.72. The summed E-state index contributed by atoms with van der Waals surface area (Å²) in [6.07, 6.45) is -0.559. The lowest BCUT2D eigenvalue weighted by molar-refractivity contribution is 0.0694. The summed E-state index contributed by atoms with van der Waals surface area (Å²) in [5.74, 6) is 1.61. The summed E-state index contributed by atoms with van der Waals surface area (Å²) in [7, 11) is 3.41. The maximum absolute atomic E-state index is 9.69. The molecule has 0 aromatic carbocycles. The van der Waals surface area contributed by atoms with Gasteiger partial charge in [-0.15, -0.1) is 0 Å². The van der Waals surface area contributed by atoms with Crippen LogP contribution >= 0.6 is 11.6 Å². The van der Waals surface area contributed by atoms with Crippen LogP contribution < -0.4 is 4.90 Å². The van der Waals surface area contributed by atoms with Crippen molar-refractivity contribution in [2.24, 2.45) is 0 Å². The Morgan fingerprint density at radius 3 is 2.67 bits per heavy atom. The largest absolute Gasteiger partial charge is 0.389 e. The molecule has 0 amide bonds. The van der Waals surface area contributed by atoms with E-state index in [-0.39, 0.29) is 5.92 Å². The van der Waals surface area contributed by atoms with Crippen LogP contribution in [0.2, 0.25) is 5.15 Å². The quantitative estimate of drug-likeness (QED) is 0.800. The van der Waals surface area contributed by atoms with Gasteiger partial charge >= 0.3 is 0 Å². The Hall–Kier alpha value is -0.910. The van der Waals surface area contributed by atoms with Gasteiger partial charge in [0.1, 0.15) is 16.8 Å². The molecule has 0 bridgehead atoms. The topological polar surface area (TPSA) is 58.5 Å². The van der Waals surface area contributed by atoms with Crippen molar-refractivity contribution >= 4 is 17.4 Å². The van der Waals surface area contributed by atoms with Gasteiger partial charge in [-0.3, -0.25) is 0 Å². The van der Waals surface area contributed by atoms with Crippen molar-refractivity contribution in [1.82, 2.24) is 9.97 Å². The number of likely N-dealkylation sites (N-methyl/N-ethyl adjacent to an activating group) is 1. The predicted octanol–water partition coefficient (Wildman–Crippen LogP) is 1.70. The van der Waals surface area contributed by atoms with Crippen LogP contribution in [-0.2, 0) is 4.74 Å². The minimum Gasteiger partial charge on any atom is -0.389 e. The molecule has 6 heteroatoms. The zero-order valence-corrected chi connectivity index (χ0v) is 12.0. The maximum Gasteiger partial charge on any atom is 0.135 e. The third-order valence-corrected chi connectivity index (χ3v) is 2.64. The smallest absolute Gasteiger partial charge is 0.135 e. The highest BCUT2D eigenvalue weighted by molar-refractivity contribution is 6.29. The van der Waals surface area contributed by atoms with Crippen molar-refractivity contribution in [3.8, 4) is 0 Å². The lowest BCUT2D eigenvalue weighted by atomic mass is 10.2. The number of anilines is 1. The van der Waals surface area contributed by atoms with E-state index in [1.807, 2.05) is 25.8 Å². The van der Waals surface area contributed by atoms with Crippen molar-refractivity contribution in [1.29, 1.82) is 0 Å². The average Bonchev–Trinajstić information content (AvgIpc) is 2.28. The molecule has 0 aliphatic heterocycles. The summed E-state index contributed by atoms with van der Waals surface area (Å²) >= 11 is 5.97. The van der Waals surface area contributed by atoms with Crippen molar-refractivity contribution < 1.29 is 9.84 Å². The summed E-state index contributed by atoms with van der Waals surface area (Å²) in [6, 6.07) is 1.69. The molecule has 0 aliphatic rings. The van der Waals surface area contributed by atoms with Gasteiger partial charge in [-0.25, -0.2) is 9.97 Å². The number of aliphatic hydroxyl groups excluding tert-OH is 1. The molecule has 0 radical (unpaired) electrons. The molecule has 0 aliphatic carbocycles. The van der Waals surface area contributed by atoms with E-state index in [0.717, 1.165) is 0 Å². The standard InChI is InChI=1S/C12H20ClN3O2/c1-8(2)12-14-10(13)5-11(15-12)16(3)6-9(17)7-18-4/h5,8-9,17H,6-7H2,1-4H3. The van der Waals surface area contributed by atoms with E-state index in [1.165, 1.54) is 0 Å². The van der Waals surface area contributed by atoms with Crippen LogP contribution in [0.5, 0.6) is 0 Å². The Kier molecular flexibility index (Phi) is 5.78. The van der Waals surface area contributed by atoms with Gasteiger partial charge < -0.3 is 14.7 Å². The summed E-state index contributed by atoms with van der Waals surface area (Å²) in [4.78, 5) is 10.4. The second-order valence-electron chi connectivity index (χ2n) is 4.55. The molecule has 1 heterocycles. The summed E-state index contributed by atoms with van der Waals surface area (Å²) in [5, 5.41) is 10.1. The van der Waals surface area contributed by atoms with Gasteiger partial charge in [0.25, 0.3) is 0 Å². The maximum atomic E-state index is 9.69. The van der Waals surface area contributed by atoms with E-state index in [1.54, 1.807) is 13.2 Å². The fourth-order valence-electron chi connectivity index (χ4n) is 1.53. The SMILES string of the molecule is COCC(O)CN(C)c1cc(Cl)nc(C(C)C)n1. The van der Waals surface area contributed by atoms with Crippen LogP contribution in [0.1, 0.15) is 25.6 Å². The van der Waals surface area contributed by atoms with Crippen LogP contribution in [-0.4, -0.2) is 48.5 Å². The van der Waals surface area contributed by atoms with E-state index >= 15 is 0 Å². The number of hydrogen-bond donors (Lipinski definition) is 1. The second-order valence-corrected chi connectivity index (χ2v) is 4.94. The molecule has 0 saturated carbocycles. The van der Waals surface area contributed by atoms with E-state index < -0.39 is 6.10 Å². The predicted molar refractivity (Wildman–Crippen MR) is 72.3 cm³/mol. The number of hydrogen-bond acceptors (Lipinski definition) is 5. The number of halogens is 1. The lowest BCUT2D eigenvalue weighted by Gasteiger charge is -2.22. The highest BCUT2D eigenvalue weighted by Crippen LogP contribution is 2.19. The molecule has 1 rings (SSSR count). The molecule has 0 saturated heterocycles. The second kappa shape index (κ2) is 6.87. The highest BCUT2D eigenvalue weighted by Gasteiger charge is 2.13. The highest BCUT2D eigenvalue weighted by atomic mass is 35.5. The molecule has 102 valence electrons. The van der Waals surface area contributed by atoms with Gasteiger partial charge in [0.05, 0.1) is 12.7 Å². The van der Waals surface area contributed by atoms with Crippen LogP contribution in [0.15, 0.2) is 6.07 Å². The van der Waals surface area contributed by atoms with Gasteiger partial charge in [-0.05, 0) is 0 Å². The lowest BCUT2D eigenvalue weighted by Crippen LogP contribution is -2.32. The first kappa shape index (κ1) is 15.1. The minimum absolute atomic E-state index is 0.208. The molecule has 1 unspecified atom stereocenters. The first-order chi connectivity index (χ1) is 8.43. The van der Waals surface area contributed by atoms with Crippen molar-refractivity contribution in [2.45, 2.75) is 25.9 Å². The zero-order valence-electron chi connectivity index (χ0n) is 11.2. The Labute approximate surface area is 113 Å². The molecule has 1 N–H and O–H groups in total. The molecule has 0 spiro atoms. The van der Waals surface area contributed by atoms with Crippen molar-refractivity contribution in [3.05, 3.63) is 17.0 Å². The summed E-state index contributed by atoms with van der Waals surface area (Å²) in [5.41, 5.74) is 0. The fraction of sp³-hybridized carbons (Fsp3) is 0.667. The van der Waals surface area contributed by atoms with Gasteiger partial charge in [-0.2, -0.15) is 0 Å². The number of aromatic nitrogens is 2. The Bertz CT molecular complexity index is 388. The zero-order chi connectivity index (χ0) is 13.7. The third-order valence-electron chi connectivity index (χ3n) is 2.45. The summed E-state index contributed by atoms with van der Waals surface area (Å²) in [6.45, 7) is 4.74. The van der Waals surface area contributed by atoms with Gasteiger partial charge in [0, 0.05) is 32.7 Å². The van der Waals surface area contributed by atoms with Crippen molar-refractivity contribution in [2.75, 3.05) is 32.2 Å². The normalized spacial score (nSPS) is 12.8. The number of rotatable bonds is 6. The van der Waals surface area contributed by atoms with Crippen molar-refractivity contribution in [3.63, 3.8) is 0 Å². The number of methoxy groups -OCH3 is 1. The Balaban J connectivity index is 2.81. The van der Waals surface area contributed by atoms with Gasteiger partial charge in [-0.1, -0.05) is 25.4 Å². The molecular weight excluding hydrogens is 254 g/mol. The first-order valence-corrected chi connectivity index (χ1v) is 6.24. The Morgan fingerprint density at radius 2 is 2.11 bits per heavy atom. The van der Waals surface area contributed by atoms with E-state index in [4.69, 9.17) is 16.3 Å². The molecule has 18 heavy (non-hydrogen) atoms. The first-order valence-electron chi connectivity index (χ1n) is 5.86. The molecule has 5 nitrogen and oxygen atoms in total. The molecule has 1 atom stereocenters. The molecule has 1 aromatic heterocycles. The van der Waals surface area contributed by atoms with Gasteiger partial charge in [0.15, 0.2) is 0 Å². The van der Waals surface area contributed by atoms with Crippen LogP contribution in [0.4, 0.5) is 5.82 Å². The Morgan fingerprint density at radius 1 is 1.44 bits per heavy atom. The average molecular weight is 274 g/mol. The van der Waals surface area contributed by atoms with E-state index in [9.17, 15) is 5.11 Å². The minimum atomic E-state index is -0.559. The number of aliphatic hydroxyl groups is 1.